The lowest BCUT2D eigenvalue weighted by molar-refractivity contribution is -0.110. The van der Waals surface area contributed by atoms with Crippen molar-refractivity contribution in [1.82, 2.24) is 0 Å². The van der Waals surface area contributed by atoms with Gasteiger partial charge in [0.1, 0.15) is 12.0 Å². The maximum Gasteiger partial charge on any atom is 0.123 e. The highest BCUT2D eigenvalue weighted by Crippen LogP contribution is 2.13. The third-order valence-electron chi connectivity index (χ3n) is 1.70. The minimum absolute atomic E-state index is 0.0202. The van der Waals surface area contributed by atoms with Crippen LogP contribution in [0.5, 0.6) is 5.75 Å². The summed E-state index contributed by atoms with van der Waals surface area (Å²) in [5, 5.41) is 9.11. The predicted octanol–water partition coefficient (Wildman–Crippen LogP) is 1.77. The molecule has 0 spiro atoms. The Hall–Kier alpha value is -1.31. The van der Waals surface area contributed by atoms with Crippen molar-refractivity contribution in [2.24, 2.45) is 5.92 Å². The van der Waals surface area contributed by atoms with E-state index >= 15 is 0 Å². The van der Waals surface area contributed by atoms with Crippen molar-refractivity contribution in [3.63, 3.8) is 0 Å². The van der Waals surface area contributed by atoms with Gasteiger partial charge in [0.05, 0.1) is 0 Å². The lowest BCUT2D eigenvalue weighted by atomic mass is 10.0. The molecule has 0 aromatic heterocycles. The lowest BCUT2D eigenvalue weighted by Gasteiger charge is -2.03. The number of aldehydes is 1. The second-order valence-corrected chi connectivity index (χ2v) is 2.99. The SMILES string of the molecule is CC(C=O)Cc1cccc(O)c1. The van der Waals surface area contributed by atoms with Crippen molar-refractivity contribution in [2.75, 3.05) is 0 Å². The van der Waals surface area contributed by atoms with E-state index in [4.69, 9.17) is 5.11 Å². The molecule has 1 rings (SSSR count). The summed E-state index contributed by atoms with van der Waals surface area (Å²) < 4.78 is 0. The van der Waals surface area contributed by atoms with Crippen molar-refractivity contribution in [3.05, 3.63) is 29.8 Å². The number of benzene rings is 1. The molecule has 0 aliphatic heterocycles. The van der Waals surface area contributed by atoms with E-state index in [0.717, 1.165) is 11.8 Å². The van der Waals surface area contributed by atoms with Crippen LogP contribution in [0, 0.1) is 5.92 Å². The summed E-state index contributed by atoms with van der Waals surface area (Å²) >= 11 is 0. The normalized spacial score (nSPS) is 12.4. The molecule has 0 aliphatic rings. The number of rotatable bonds is 3. The molecule has 64 valence electrons. The van der Waals surface area contributed by atoms with Crippen LogP contribution in [0.15, 0.2) is 24.3 Å². The molecule has 1 unspecified atom stereocenters. The largest absolute Gasteiger partial charge is 0.508 e. The molecular weight excluding hydrogens is 152 g/mol. The zero-order valence-electron chi connectivity index (χ0n) is 7.03. The Kier molecular flexibility index (Phi) is 2.86. The number of aromatic hydroxyl groups is 1. The van der Waals surface area contributed by atoms with Crippen LogP contribution in [0.25, 0.3) is 0 Å². The third-order valence-corrected chi connectivity index (χ3v) is 1.70. The Balaban J connectivity index is 2.69. The fraction of sp³-hybridized carbons (Fsp3) is 0.300. The minimum Gasteiger partial charge on any atom is -0.508 e. The number of carbonyl (C=O) groups is 1. The first-order chi connectivity index (χ1) is 5.72. The van der Waals surface area contributed by atoms with Crippen LogP contribution in [-0.2, 0) is 11.2 Å². The molecule has 0 radical (unpaired) electrons. The van der Waals surface area contributed by atoms with Crippen LogP contribution in [0.1, 0.15) is 12.5 Å². The molecule has 1 N–H and O–H groups in total. The molecule has 0 amide bonds. The monoisotopic (exact) mass is 164 g/mol. The Bertz CT molecular complexity index is 268. The van der Waals surface area contributed by atoms with Gasteiger partial charge in [0.2, 0.25) is 0 Å². The average Bonchev–Trinajstić information content (AvgIpc) is 2.04. The smallest absolute Gasteiger partial charge is 0.123 e. The quantitative estimate of drug-likeness (QED) is 0.691. The Morgan fingerprint density at radius 2 is 2.33 bits per heavy atom. The van der Waals surface area contributed by atoms with Gasteiger partial charge in [0.15, 0.2) is 0 Å². The van der Waals surface area contributed by atoms with E-state index in [-0.39, 0.29) is 11.7 Å². The average molecular weight is 164 g/mol. The summed E-state index contributed by atoms with van der Waals surface area (Å²) in [6.07, 6.45) is 1.61. The van der Waals surface area contributed by atoms with Crippen molar-refractivity contribution >= 4 is 6.29 Å². The Labute approximate surface area is 71.8 Å². The second kappa shape index (κ2) is 3.90. The van der Waals surface area contributed by atoms with Gasteiger partial charge in [0.25, 0.3) is 0 Å². The molecule has 0 bridgehead atoms. The van der Waals surface area contributed by atoms with E-state index in [2.05, 4.69) is 0 Å². The van der Waals surface area contributed by atoms with E-state index in [1.807, 2.05) is 13.0 Å². The van der Waals surface area contributed by atoms with Crippen molar-refractivity contribution in [1.29, 1.82) is 0 Å². The summed E-state index contributed by atoms with van der Waals surface area (Å²) in [5.74, 6) is 0.275. The number of phenolic OH excluding ortho intramolecular Hbond substituents is 1. The molecule has 1 aromatic rings. The number of hydrogen-bond acceptors (Lipinski definition) is 2. The first kappa shape index (κ1) is 8.78. The van der Waals surface area contributed by atoms with Crippen molar-refractivity contribution in [3.8, 4) is 5.75 Å². The van der Waals surface area contributed by atoms with Gasteiger partial charge in [-0.1, -0.05) is 19.1 Å². The van der Waals surface area contributed by atoms with E-state index in [0.29, 0.717) is 6.42 Å². The summed E-state index contributed by atoms with van der Waals surface area (Å²) in [7, 11) is 0. The van der Waals surface area contributed by atoms with Gasteiger partial charge in [-0.05, 0) is 24.1 Å². The highest BCUT2D eigenvalue weighted by molar-refractivity contribution is 5.53. The molecule has 2 nitrogen and oxygen atoms in total. The molecule has 12 heavy (non-hydrogen) atoms. The lowest BCUT2D eigenvalue weighted by Crippen LogP contribution is -1.99. The van der Waals surface area contributed by atoms with Gasteiger partial charge < -0.3 is 9.90 Å². The zero-order chi connectivity index (χ0) is 8.97. The van der Waals surface area contributed by atoms with Crippen molar-refractivity contribution < 1.29 is 9.90 Å². The van der Waals surface area contributed by atoms with E-state index in [1.54, 1.807) is 18.2 Å². The molecule has 0 heterocycles. The van der Waals surface area contributed by atoms with Crippen LogP contribution in [0.4, 0.5) is 0 Å². The molecule has 0 aliphatic carbocycles. The summed E-state index contributed by atoms with van der Waals surface area (Å²) in [6, 6.07) is 6.98. The van der Waals surface area contributed by atoms with E-state index in [9.17, 15) is 4.79 Å². The van der Waals surface area contributed by atoms with Crippen LogP contribution in [0.2, 0.25) is 0 Å². The maximum atomic E-state index is 10.3. The summed E-state index contributed by atoms with van der Waals surface area (Å²) in [4.78, 5) is 10.3. The highest BCUT2D eigenvalue weighted by Gasteiger charge is 2.01. The van der Waals surface area contributed by atoms with Crippen LogP contribution in [-0.4, -0.2) is 11.4 Å². The number of carbonyl (C=O) groups excluding carboxylic acids is 1. The standard InChI is InChI=1S/C10H12O2/c1-8(7-11)5-9-3-2-4-10(12)6-9/h2-4,6-8,12H,5H2,1H3. The highest BCUT2D eigenvalue weighted by atomic mass is 16.3. The molecule has 1 atom stereocenters. The molecule has 0 saturated heterocycles. The predicted molar refractivity (Wildman–Crippen MR) is 47.0 cm³/mol. The minimum atomic E-state index is 0.0202. The maximum absolute atomic E-state index is 10.3. The Morgan fingerprint density at radius 1 is 1.58 bits per heavy atom. The van der Waals surface area contributed by atoms with Crippen LogP contribution < -0.4 is 0 Å². The first-order valence-electron chi connectivity index (χ1n) is 3.95. The van der Waals surface area contributed by atoms with Gasteiger partial charge in [-0.25, -0.2) is 0 Å². The molecule has 0 fully saturated rings. The van der Waals surface area contributed by atoms with Crippen LogP contribution in [0.3, 0.4) is 0 Å². The Morgan fingerprint density at radius 3 is 2.92 bits per heavy atom. The first-order valence-corrected chi connectivity index (χ1v) is 3.95. The van der Waals surface area contributed by atoms with E-state index in [1.165, 1.54) is 0 Å². The fourth-order valence-electron chi connectivity index (χ4n) is 1.10. The third kappa shape index (κ3) is 2.38. The zero-order valence-corrected chi connectivity index (χ0v) is 7.03. The fourth-order valence-corrected chi connectivity index (χ4v) is 1.10. The number of hydrogen-bond donors (Lipinski definition) is 1. The van der Waals surface area contributed by atoms with Gasteiger partial charge in [-0.15, -0.1) is 0 Å². The molecular formula is C10H12O2. The second-order valence-electron chi connectivity index (χ2n) is 2.99. The van der Waals surface area contributed by atoms with Gasteiger partial charge >= 0.3 is 0 Å². The summed E-state index contributed by atoms with van der Waals surface area (Å²) in [5.41, 5.74) is 0.995. The van der Waals surface area contributed by atoms with Crippen molar-refractivity contribution in [2.45, 2.75) is 13.3 Å². The number of phenols is 1. The molecule has 2 heteroatoms. The topological polar surface area (TPSA) is 37.3 Å². The molecule has 1 aromatic carbocycles. The summed E-state index contributed by atoms with van der Waals surface area (Å²) in [6.45, 7) is 1.86. The molecule has 0 saturated carbocycles. The van der Waals surface area contributed by atoms with Crippen LogP contribution >= 0.6 is 0 Å². The van der Waals surface area contributed by atoms with Gasteiger partial charge in [-0.2, -0.15) is 0 Å². The van der Waals surface area contributed by atoms with Gasteiger partial charge in [0, 0.05) is 5.92 Å². The van der Waals surface area contributed by atoms with Gasteiger partial charge in [-0.3, -0.25) is 0 Å². The van der Waals surface area contributed by atoms with E-state index < -0.39 is 0 Å².